The molecule has 0 bridgehead atoms. The van der Waals surface area contributed by atoms with Crippen LogP contribution in [0.5, 0.6) is 11.5 Å². The molecule has 0 aliphatic rings. The van der Waals surface area contributed by atoms with E-state index in [2.05, 4.69) is 9.72 Å². The molecule has 1 aromatic carbocycles. The number of thiophene rings is 1. The summed E-state index contributed by atoms with van der Waals surface area (Å²) >= 11 is 1.14. The molecule has 0 radical (unpaired) electrons. The summed E-state index contributed by atoms with van der Waals surface area (Å²) in [6.45, 7) is 0. The predicted molar refractivity (Wildman–Crippen MR) is 78.5 cm³/mol. The first-order chi connectivity index (χ1) is 10.1. The van der Waals surface area contributed by atoms with E-state index < -0.39 is 5.97 Å². The summed E-state index contributed by atoms with van der Waals surface area (Å²) in [5.74, 6) is 0.0593. The monoisotopic (exact) mass is 304 g/mol. The fourth-order valence-corrected chi connectivity index (χ4v) is 2.98. The van der Waals surface area contributed by atoms with Crippen molar-refractivity contribution in [2.24, 2.45) is 0 Å². The maximum Gasteiger partial charge on any atom is 0.351 e. The molecule has 2 aromatic heterocycles. The summed E-state index contributed by atoms with van der Waals surface area (Å²) in [7, 11) is 2.87. The molecule has 3 aromatic rings. The third kappa shape index (κ3) is 2.21. The van der Waals surface area contributed by atoms with E-state index in [9.17, 15) is 9.90 Å². The first-order valence-electron chi connectivity index (χ1n) is 6.06. The molecule has 0 saturated carbocycles. The van der Waals surface area contributed by atoms with Crippen LogP contribution in [-0.2, 0) is 4.74 Å². The van der Waals surface area contributed by atoms with Gasteiger partial charge in [0.25, 0.3) is 0 Å². The van der Waals surface area contributed by atoms with Gasteiger partial charge in [0.1, 0.15) is 22.8 Å². The highest BCUT2D eigenvalue weighted by Gasteiger charge is 2.18. The number of carbonyl (C=O) groups is 1. The van der Waals surface area contributed by atoms with Gasteiger partial charge in [-0.25, -0.2) is 9.78 Å². The molecule has 0 saturated heterocycles. The molecular weight excluding hydrogens is 292 g/mol. The fraction of sp³-hybridized carbons (Fsp3) is 0.143. The Hall–Kier alpha value is -2.54. The summed E-state index contributed by atoms with van der Waals surface area (Å²) in [6.07, 6.45) is 1.64. The van der Waals surface area contributed by atoms with Gasteiger partial charge in [-0.15, -0.1) is 11.3 Å². The minimum atomic E-state index is -0.560. The number of fused-ring (bicyclic) bond motifs is 1. The highest BCUT2D eigenvalue weighted by molar-refractivity contribution is 7.16. The normalized spacial score (nSPS) is 10.8. The molecule has 21 heavy (non-hydrogen) atoms. The Bertz CT molecular complexity index is 822. The van der Waals surface area contributed by atoms with Gasteiger partial charge >= 0.3 is 5.97 Å². The number of esters is 1. The van der Waals surface area contributed by atoms with Gasteiger partial charge in [-0.05, 0) is 12.1 Å². The van der Waals surface area contributed by atoms with Crippen molar-refractivity contribution in [2.75, 3.05) is 14.2 Å². The van der Waals surface area contributed by atoms with Gasteiger partial charge in [0, 0.05) is 12.1 Å². The molecule has 0 fully saturated rings. The van der Waals surface area contributed by atoms with Crippen LogP contribution in [0.2, 0.25) is 0 Å². The quantitative estimate of drug-likeness (QED) is 0.753. The lowest BCUT2D eigenvalue weighted by Gasteiger charge is -2.01. The fourth-order valence-electron chi connectivity index (χ4n) is 2.02. The molecule has 108 valence electrons. The van der Waals surface area contributed by atoms with Crippen LogP contribution in [0.1, 0.15) is 9.67 Å². The molecule has 0 unspecified atom stereocenters. The van der Waals surface area contributed by atoms with Crippen LogP contribution in [0.4, 0.5) is 0 Å². The maximum atomic E-state index is 11.6. The summed E-state index contributed by atoms with van der Waals surface area (Å²) in [5, 5.41) is 10.5. The van der Waals surface area contributed by atoms with Crippen LogP contribution < -0.4 is 4.74 Å². The number of methoxy groups -OCH3 is 2. The van der Waals surface area contributed by atoms with E-state index in [4.69, 9.17) is 4.74 Å². The van der Waals surface area contributed by atoms with Crippen molar-refractivity contribution in [1.29, 1.82) is 0 Å². The Morgan fingerprint density at radius 1 is 1.33 bits per heavy atom. The summed E-state index contributed by atoms with van der Waals surface area (Å²) in [5.41, 5.74) is 1.62. The molecule has 0 aliphatic carbocycles. The molecule has 0 spiro atoms. The second kappa shape index (κ2) is 5.10. The van der Waals surface area contributed by atoms with Gasteiger partial charge in [0.05, 0.1) is 25.3 Å². The molecule has 2 heterocycles. The number of rotatable bonds is 3. The van der Waals surface area contributed by atoms with Crippen molar-refractivity contribution >= 4 is 28.3 Å². The number of carbonyl (C=O) groups excluding carboxylic acids is 1. The van der Waals surface area contributed by atoms with Crippen LogP contribution in [0.25, 0.3) is 16.0 Å². The number of hydrogen-bond acceptors (Lipinski definition) is 6. The Morgan fingerprint density at radius 2 is 2.14 bits per heavy atom. The molecule has 0 aliphatic heterocycles. The highest BCUT2D eigenvalue weighted by atomic mass is 32.1. The standard InChI is InChI=1S/C14H12N2O4S/c1-19-8-3-4-10-9(5-8)15-7-16(10)12-6-11(17)13(21-12)14(18)20-2/h3-7,17H,1-2H3. The van der Waals surface area contributed by atoms with Crippen molar-refractivity contribution in [2.45, 2.75) is 0 Å². The number of aromatic hydroxyl groups is 1. The van der Waals surface area contributed by atoms with E-state index >= 15 is 0 Å². The van der Waals surface area contributed by atoms with Crippen LogP contribution in [0, 0.1) is 0 Å². The number of nitrogens with zero attached hydrogens (tertiary/aromatic N) is 2. The average molecular weight is 304 g/mol. The number of imidazole rings is 1. The zero-order valence-corrected chi connectivity index (χ0v) is 12.2. The third-order valence-electron chi connectivity index (χ3n) is 3.06. The first-order valence-corrected chi connectivity index (χ1v) is 6.88. The Balaban J connectivity index is 2.10. The molecule has 1 N–H and O–H groups in total. The van der Waals surface area contributed by atoms with Crippen molar-refractivity contribution in [3.63, 3.8) is 0 Å². The zero-order valence-electron chi connectivity index (χ0n) is 11.4. The van der Waals surface area contributed by atoms with Crippen LogP contribution in [0.15, 0.2) is 30.6 Å². The molecule has 7 heteroatoms. The molecular formula is C14H12N2O4S. The van der Waals surface area contributed by atoms with Gasteiger partial charge in [-0.2, -0.15) is 0 Å². The number of ether oxygens (including phenoxy) is 2. The van der Waals surface area contributed by atoms with E-state index in [0.717, 1.165) is 28.1 Å². The van der Waals surface area contributed by atoms with E-state index in [0.29, 0.717) is 5.00 Å². The van der Waals surface area contributed by atoms with Crippen molar-refractivity contribution in [1.82, 2.24) is 9.55 Å². The lowest BCUT2D eigenvalue weighted by molar-refractivity contribution is 0.0603. The van der Waals surface area contributed by atoms with Crippen molar-refractivity contribution < 1.29 is 19.4 Å². The lowest BCUT2D eigenvalue weighted by Crippen LogP contribution is -1.97. The lowest BCUT2D eigenvalue weighted by atomic mass is 10.3. The minimum absolute atomic E-state index is 0.0998. The van der Waals surface area contributed by atoms with E-state index in [-0.39, 0.29) is 10.6 Å². The van der Waals surface area contributed by atoms with Crippen LogP contribution in [0.3, 0.4) is 0 Å². The van der Waals surface area contributed by atoms with E-state index in [1.807, 2.05) is 18.2 Å². The second-order valence-corrected chi connectivity index (χ2v) is 5.29. The molecule has 0 amide bonds. The zero-order chi connectivity index (χ0) is 15.0. The van der Waals surface area contributed by atoms with Gasteiger partial charge < -0.3 is 14.6 Å². The number of benzene rings is 1. The summed E-state index contributed by atoms with van der Waals surface area (Å²) in [6, 6.07) is 7.04. The first kappa shape index (κ1) is 13.4. The predicted octanol–water partition coefficient (Wildman–Crippen LogP) is 2.59. The SMILES string of the molecule is COC(=O)c1sc(-n2cnc3cc(OC)ccc32)cc1O. The Morgan fingerprint density at radius 3 is 2.86 bits per heavy atom. The summed E-state index contributed by atoms with van der Waals surface area (Å²) < 4.78 is 11.6. The summed E-state index contributed by atoms with van der Waals surface area (Å²) in [4.78, 5) is 16.0. The molecule has 3 rings (SSSR count). The topological polar surface area (TPSA) is 73.6 Å². The third-order valence-corrected chi connectivity index (χ3v) is 4.17. The highest BCUT2D eigenvalue weighted by Crippen LogP contribution is 2.33. The maximum absolute atomic E-state index is 11.6. The van der Waals surface area contributed by atoms with Gasteiger partial charge in [0.15, 0.2) is 4.88 Å². The van der Waals surface area contributed by atoms with Crippen LogP contribution >= 0.6 is 11.3 Å². The van der Waals surface area contributed by atoms with Gasteiger partial charge in [-0.3, -0.25) is 4.57 Å². The van der Waals surface area contributed by atoms with Crippen molar-refractivity contribution in [3.8, 4) is 16.5 Å². The smallest absolute Gasteiger partial charge is 0.351 e. The van der Waals surface area contributed by atoms with Gasteiger partial charge in [0.2, 0.25) is 0 Å². The average Bonchev–Trinajstić information content (AvgIpc) is 3.08. The number of hydrogen-bond donors (Lipinski definition) is 1. The molecule has 6 nitrogen and oxygen atoms in total. The Kier molecular flexibility index (Phi) is 3.26. The van der Waals surface area contributed by atoms with Crippen LogP contribution in [-0.4, -0.2) is 34.8 Å². The van der Waals surface area contributed by atoms with E-state index in [1.165, 1.54) is 13.2 Å². The number of aromatic nitrogens is 2. The Labute approximate surface area is 124 Å². The van der Waals surface area contributed by atoms with E-state index in [1.54, 1.807) is 18.0 Å². The molecule has 0 atom stereocenters. The minimum Gasteiger partial charge on any atom is -0.506 e. The van der Waals surface area contributed by atoms with Crippen molar-refractivity contribution in [3.05, 3.63) is 35.5 Å². The van der Waals surface area contributed by atoms with Gasteiger partial charge in [-0.1, -0.05) is 0 Å². The largest absolute Gasteiger partial charge is 0.506 e. The second-order valence-electron chi connectivity index (χ2n) is 4.26.